The van der Waals surface area contributed by atoms with Crippen molar-refractivity contribution in [1.29, 1.82) is 0 Å². The van der Waals surface area contributed by atoms with Crippen molar-refractivity contribution in [3.63, 3.8) is 0 Å². The molecule has 0 radical (unpaired) electrons. The van der Waals surface area contributed by atoms with Crippen molar-refractivity contribution in [2.75, 3.05) is 11.9 Å². The summed E-state index contributed by atoms with van der Waals surface area (Å²) < 4.78 is 0. The minimum atomic E-state index is -3.02. The van der Waals surface area contributed by atoms with Crippen LogP contribution in [0.25, 0.3) is 0 Å². The Balaban J connectivity index is 1.76. The molecule has 0 saturated carbocycles. The van der Waals surface area contributed by atoms with Crippen molar-refractivity contribution >= 4 is 42.5 Å². The molecule has 0 spiro atoms. The van der Waals surface area contributed by atoms with Crippen LogP contribution in [0.4, 0.5) is 5.82 Å². The first kappa shape index (κ1) is 21.4. The number of anilines is 1. The van der Waals surface area contributed by atoms with Crippen LogP contribution in [0.2, 0.25) is 0 Å². The van der Waals surface area contributed by atoms with Crippen LogP contribution in [0.15, 0.2) is 103 Å². The van der Waals surface area contributed by atoms with Gasteiger partial charge in [0, 0.05) is 0 Å². The fraction of sp³-hybridized carbons (Fsp3) is 0.179. The van der Waals surface area contributed by atoms with E-state index in [1.165, 1.54) is 21.5 Å². The van der Waals surface area contributed by atoms with Crippen LogP contribution in [-0.2, 0) is 12.6 Å². The zero-order valence-corrected chi connectivity index (χ0v) is 20.8. The van der Waals surface area contributed by atoms with E-state index >= 15 is 0 Å². The van der Waals surface area contributed by atoms with Crippen LogP contribution in [0, 0.1) is 5.92 Å². The van der Waals surface area contributed by atoms with E-state index in [0.29, 0.717) is 5.92 Å². The first-order chi connectivity index (χ1) is 15.6. The number of rotatable bonds is 5. The van der Waals surface area contributed by atoms with E-state index in [1.807, 2.05) is 0 Å². The number of nitrogens with zero attached hydrogens (tertiary/aromatic N) is 1. The number of hydrogen-bond donors (Lipinski definition) is 1. The quantitative estimate of drug-likeness (QED) is 0.337. The minimum absolute atomic E-state index is 0.642. The standard InChI is InChI=1S/C28H28BrN2P/c1-22-19-23-17-18-24(31-28(23)30-20-22)21-32(29,25-11-5-2-6-12-25,26-13-7-3-8-14-26)27-15-9-4-10-16-27/h2-18,22H,19-21H2,1H3,(H,30,31). The third kappa shape index (κ3) is 3.58. The number of hydrogen-bond acceptors (Lipinski definition) is 2. The fourth-order valence-electron chi connectivity index (χ4n) is 4.89. The Morgan fingerprint density at radius 2 is 1.28 bits per heavy atom. The summed E-state index contributed by atoms with van der Waals surface area (Å²) in [5, 5.41) is 4.49. The second-order valence-corrected chi connectivity index (χ2v) is 17.8. The molecule has 1 N–H and O–H groups in total. The van der Waals surface area contributed by atoms with Gasteiger partial charge in [-0.05, 0) is 0 Å². The van der Waals surface area contributed by atoms with Crippen molar-refractivity contribution in [3.05, 3.63) is 114 Å². The van der Waals surface area contributed by atoms with Crippen LogP contribution in [0.5, 0.6) is 0 Å². The van der Waals surface area contributed by atoms with E-state index in [2.05, 4.69) is 131 Å². The van der Waals surface area contributed by atoms with Gasteiger partial charge in [0.15, 0.2) is 0 Å². The molecule has 0 fully saturated rings. The van der Waals surface area contributed by atoms with E-state index in [4.69, 9.17) is 4.98 Å². The van der Waals surface area contributed by atoms with Gasteiger partial charge in [0.25, 0.3) is 0 Å². The maximum absolute atomic E-state index is 5.15. The number of nitrogens with one attached hydrogen (secondary N) is 1. The molecule has 2 nitrogen and oxygen atoms in total. The molecule has 3 aromatic carbocycles. The third-order valence-corrected chi connectivity index (χ3v) is 16.0. The van der Waals surface area contributed by atoms with E-state index in [0.717, 1.165) is 30.6 Å². The summed E-state index contributed by atoms with van der Waals surface area (Å²) in [7, 11) is 0. The number of benzene rings is 3. The predicted octanol–water partition coefficient (Wildman–Crippen LogP) is 6.03. The van der Waals surface area contributed by atoms with Gasteiger partial charge in [-0.1, -0.05) is 0 Å². The van der Waals surface area contributed by atoms with E-state index < -0.39 is 5.31 Å². The SMILES string of the molecule is CC1CNc2nc(CP(Br)(c3ccccc3)(c3ccccc3)c3ccccc3)ccc2C1. The van der Waals surface area contributed by atoms with Crippen molar-refractivity contribution in [3.8, 4) is 0 Å². The summed E-state index contributed by atoms with van der Waals surface area (Å²) in [4.78, 5) is 5.15. The molecule has 4 aromatic rings. The molecule has 1 aliphatic rings. The molecule has 1 aliphatic heterocycles. The molecular formula is C28H28BrN2P. The molecule has 0 aliphatic carbocycles. The van der Waals surface area contributed by atoms with E-state index in [-0.39, 0.29) is 0 Å². The first-order valence-corrected chi connectivity index (χ1v) is 15.6. The third-order valence-electron chi connectivity index (χ3n) is 6.57. The predicted molar refractivity (Wildman–Crippen MR) is 143 cm³/mol. The molecule has 4 heteroatoms. The number of fused-ring (bicyclic) bond motifs is 1. The number of halogens is 1. The average molecular weight is 503 g/mol. The summed E-state index contributed by atoms with van der Waals surface area (Å²) in [5.41, 5.74) is 2.43. The molecule has 1 unspecified atom stereocenters. The van der Waals surface area contributed by atoms with Crippen molar-refractivity contribution in [1.82, 2.24) is 4.98 Å². The van der Waals surface area contributed by atoms with Gasteiger partial charge in [0.2, 0.25) is 0 Å². The van der Waals surface area contributed by atoms with Crippen LogP contribution < -0.4 is 21.2 Å². The Hall–Kier alpha value is -2.48. The topological polar surface area (TPSA) is 24.9 Å². The second-order valence-electron chi connectivity index (χ2n) is 8.85. The van der Waals surface area contributed by atoms with Crippen LogP contribution >= 0.6 is 20.8 Å². The Labute approximate surface area is 198 Å². The van der Waals surface area contributed by atoms with Crippen molar-refractivity contribution in [2.45, 2.75) is 19.5 Å². The first-order valence-electron chi connectivity index (χ1n) is 11.2. The molecular weight excluding hydrogens is 475 g/mol. The molecule has 0 saturated heterocycles. The summed E-state index contributed by atoms with van der Waals surface area (Å²) >= 11 is 4.53. The summed E-state index contributed by atoms with van der Waals surface area (Å²) in [6.45, 7) is 3.27. The molecule has 1 atom stereocenters. The Morgan fingerprint density at radius 3 is 1.78 bits per heavy atom. The maximum atomic E-state index is 5.15. The average Bonchev–Trinajstić information content (AvgIpc) is 2.86. The zero-order chi connectivity index (χ0) is 22.0. The van der Waals surface area contributed by atoms with Gasteiger partial charge in [-0.25, -0.2) is 0 Å². The fourth-order valence-corrected chi connectivity index (χ4v) is 12.4. The normalized spacial score (nSPS) is 16.9. The van der Waals surface area contributed by atoms with Crippen LogP contribution in [0.1, 0.15) is 18.2 Å². The Morgan fingerprint density at radius 1 is 0.781 bits per heavy atom. The molecule has 162 valence electrons. The second kappa shape index (κ2) is 8.46. The number of pyridine rings is 1. The molecule has 0 bridgehead atoms. The van der Waals surface area contributed by atoms with Gasteiger partial charge < -0.3 is 0 Å². The summed E-state index contributed by atoms with van der Waals surface area (Å²) in [6.07, 6.45) is 1.90. The summed E-state index contributed by atoms with van der Waals surface area (Å²) in [5.74, 6) is 1.69. The molecule has 5 rings (SSSR count). The van der Waals surface area contributed by atoms with Gasteiger partial charge >= 0.3 is 199 Å². The van der Waals surface area contributed by atoms with Gasteiger partial charge in [0.1, 0.15) is 0 Å². The monoisotopic (exact) mass is 502 g/mol. The van der Waals surface area contributed by atoms with Crippen LogP contribution in [0.3, 0.4) is 0 Å². The molecule has 1 aromatic heterocycles. The van der Waals surface area contributed by atoms with Crippen LogP contribution in [-0.4, -0.2) is 11.5 Å². The van der Waals surface area contributed by atoms with E-state index in [9.17, 15) is 0 Å². The van der Waals surface area contributed by atoms with Gasteiger partial charge in [0.05, 0.1) is 0 Å². The van der Waals surface area contributed by atoms with Crippen molar-refractivity contribution < 1.29 is 0 Å². The number of aromatic nitrogens is 1. The molecule has 32 heavy (non-hydrogen) atoms. The summed E-state index contributed by atoms with van der Waals surface area (Å²) in [6, 6.07) is 37.3. The van der Waals surface area contributed by atoms with E-state index in [1.54, 1.807) is 0 Å². The van der Waals surface area contributed by atoms with Crippen molar-refractivity contribution in [2.24, 2.45) is 5.92 Å². The molecule has 2 heterocycles. The Bertz CT molecular complexity index is 1110. The van der Waals surface area contributed by atoms with Gasteiger partial charge in [-0.15, -0.1) is 0 Å². The molecule has 0 amide bonds. The zero-order valence-electron chi connectivity index (χ0n) is 18.3. The van der Waals surface area contributed by atoms with Gasteiger partial charge in [-0.2, -0.15) is 0 Å². The van der Waals surface area contributed by atoms with Gasteiger partial charge in [-0.3, -0.25) is 0 Å². The Kier molecular flexibility index (Phi) is 5.65.